The molecule has 0 aliphatic heterocycles. The Morgan fingerprint density at radius 3 is 1.85 bits per heavy atom. The van der Waals surface area contributed by atoms with Crippen LogP contribution < -0.4 is 0 Å². The maximum Gasteiger partial charge on any atom is 0.306 e. The van der Waals surface area contributed by atoms with E-state index in [2.05, 4.69) is 60.6 Å². The molecule has 53 heavy (non-hydrogen) atoms. The van der Waals surface area contributed by atoms with Crippen molar-refractivity contribution in [3.8, 4) is 0 Å². The number of carbonyl (C=O) groups is 1. The summed E-state index contributed by atoms with van der Waals surface area (Å²) in [5.74, 6) is 5.03. The normalized spacial score (nSPS) is 30.5. The van der Waals surface area contributed by atoms with Crippen molar-refractivity contribution in [3.05, 3.63) is 23.3 Å². The van der Waals surface area contributed by atoms with Crippen molar-refractivity contribution < 1.29 is 9.53 Å². The first-order chi connectivity index (χ1) is 25.6. The fourth-order valence-corrected chi connectivity index (χ4v) is 12.7. The molecule has 0 heterocycles. The third kappa shape index (κ3) is 13.0. The molecular weight excluding hydrogens is 645 g/mol. The second-order valence-corrected chi connectivity index (χ2v) is 20.0. The van der Waals surface area contributed by atoms with Crippen LogP contribution in [0.5, 0.6) is 0 Å². The highest BCUT2D eigenvalue weighted by Gasteiger charge is 2.59. The third-order valence-corrected chi connectivity index (χ3v) is 16.1. The Morgan fingerprint density at radius 2 is 1.30 bits per heavy atom. The number of unbranched alkanes of at least 4 members (excludes halogenated alkanes) is 18. The van der Waals surface area contributed by atoms with E-state index >= 15 is 0 Å². The summed E-state index contributed by atoms with van der Waals surface area (Å²) < 4.78 is 6.16. The van der Waals surface area contributed by atoms with Crippen LogP contribution in [0.15, 0.2) is 23.3 Å². The molecule has 2 nitrogen and oxygen atoms in total. The van der Waals surface area contributed by atoms with Crippen LogP contribution in [0.4, 0.5) is 0 Å². The number of hydrogen-bond acceptors (Lipinski definition) is 2. The van der Waals surface area contributed by atoms with E-state index in [1.54, 1.807) is 11.1 Å². The molecule has 4 aliphatic carbocycles. The average Bonchev–Trinajstić information content (AvgIpc) is 3.50. The summed E-state index contributed by atoms with van der Waals surface area (Å²) in [6.45, 7) is 17.2. The minimum absolute atomic E-state index is 0.0642. The van der Waals surface area contributed by atoms with Crippen molar-refractivity contribution in [2.45, 2.75) is 247 Å². The average molecular weight is 735 g/mol. The first-order valence-electron chi connectivity index (χ1n) is 24.2. The molecule has 0 aromatic rings. The van der Waals surface area contributed by atoms with E-state index in [9.17, 15) is 4.79 Å². The van der Waals surface area contributed by atoms with Gasteiger partial charge in [-0.3, -0.25) is 4.79 Å². The van der Waals surface area contributed by atoms with Gasteiger partial charge in [0.05, 0.1) is 0 Å². The van der Waals surface area contributed by atoms with E-state index in [1.165, 1.54) is 167 Å². The minimum Gasteiger partial charge on any atom is -0.462 e. The largest absolute Gasteiger partial charge is 0.462 e. The lowest BCUT2D eigenvalue weighted by molar-refractivity contribution is -0.151. The SMILES string of the molecule is C/C=C(\CC[C@@H](C)[C@H]1CC[C@H]2[C@@H]3CC=C4C[C@@H](OC(=O)CCCCCCCCCCCCCCCCCCCCC)CC[C@]4(C)[C@H]3CC[C@]12C)C(C)C. The molecule has 3 fully saturated rings. The lowest BCUT2D eigenvalue weighted by Gasteiger charge is -2.58. The van der Waals surface area contributed by atoms with Gasteiger partial charge < -0.3 is 4.74 Å². The Hall–Kier alpha value is -1.05. The van der Waals surface area contributed by atoms with Gasteiger partial charge in [0.1, 0.15) is 6.10 Å². The van der Waals surface area contributed by atoms with Crippen LogP contribution in [0.2, 0.25) is 0 Å². The molecule has 0 aromatic heterocycles. The highest BCUT2D eigenvalue weighted by atomic mass is 16.5. The molecule has 0 radical (unpaired) electrons. The summed E-state index contributed by atoms with van der Waals surface area (Å²) in [5, 5.41) is 0. The van der Waals surface area contributed by atoms with Gasteiger partial charge in [-0.15, -0.1) is 0 Å². The van der Waals surface area contributed by atoms with Gasteiger partial charge >= 0.3 is 5.97 Å². The van der Waals surface area contributed by atoms with Crippen molar-refractivity contribution in [2.24, 2.45) is 46.3 Å². The molecular formula is C51H90O2. The Labute approximate surface area is 331 Å². The summed E-state index contributed by atoms with van der Waals surface area (Å²) in [4.78, 5) is 12.9. The van der Waals surface area contributed by atoms with Crippen molar-refractivity contribution in [1.82, 2.24) is 0 Å². The second-order valence-electron chi connectivity index (χ2n) is 20.0. The molecule has 0 N–H and O–H groups in total. The zero-order valence-corrected chi connectivity index (χ0v) is 36.7. The van der Waals surface area contributed by atoms with Crippen molar-refractivity contribution in [1.29, 1.82) is 0 Å². The summed E-state index contributed by atoms with van der Waals surface area (Å²) in [6, 6.07) is 0. The predicted octanol–water partition coefficient (Wildman–Crippen LogP) is 16.3. The summed E-state index contributed by atoms with van der Waals surface area (Å²) in [7, 11) is 0. The predicted molar refractivity (Wildman–Crippen MR) is 230 cm³/mol. The summed E-state index contributed by atoms with van der Waals surface area (Å²) >= 11 is 0. The highest BCUT2D eigenvalue weighted by Crippen LogP contribution is 2.67. The van der Waals surface area contributed by atoms with E-state index < -0.39 is 0 Å². The van der Waals surface area contributed by atoms with E-state index in [0.29, 0.717) is 23.2 Å². The number of hydrogen-bond donors (Lipinski definition) is 0. The first-order valence-corrected chi connectivity index (χ1v) is 24.2. The molecule has 0 unspecified atom stereocenters. The van der Waals surface area contributed by atoms with E-state index in [1.807, 2.05) is 0 Å². The van der Waals surface area contributed by atoms with Crippen LogP contribution in [-0.2, 0) is 9.53 Å². The Balaban J connectivity index is 1.05. The Kier molecular flexibility index (Phi) is 19.6. The van der Waals surface area contributed by atoms with Gasteiger partial charge in [-0.1, -0.05) is 180 Å². The van der Waals surface area contributed by atoms with Gasteiger partial charge in [0.25, 0.3) is 0 Å². The van der Waals surface area contributed by atoms with Crippen LogP contribution in [-0.4, -0.2) is 12.1 Å². The molecule has 0 saturated heterocycles. The van der Waals surface area contributed by atoms with Crippen molar-refractivity contribution in [2.75, 3.05) is 0 Å². The quantitative estimate of drug-likeness (QED) is 0.0502. The van der Waals surface area contributed by atoms with Gasteiger partial charge in [0.15, 0.2) is 0 Å². The fraction of sp³-hybridized carbons (Fsp3) is 0.902. The van der Waals surface area contributed by atoms with Gasteiger partial charge in [-0.05, 0) is 117 Å². The summed E-state index contributed by atoms with van der Waals surface area (Å²) in [6.07, 6.45) is 44.9. The Morgan fingerprint density at radius 1 is 0.736 bits per heavy atom. The molecule has 0 amide bonds. The van der Waals surface area contributed by atoms with Crippen LogP contribution in [0.25, 0.3) is 0 Å². The van der Waals surface area contributed by atoms with E-state index in [0.717, 1.165) is 48.9 Å². The first kappa shape index (κ1) is 44.7. The second kappa shape index (κ2) is 23.2. The molecule has 0 spiro atoms. The van der Waals surface area contributed by atoms with Crippen molar-refractivity contribution >= 4 is 5.97 Å². The standard InChI is InChI=1S/C51H90O2/c1-8-10-11-12-13-14-15-16-17-18-19-20-21-22-23-24-25-26-27-28-49(52)53-44-35-37-50(6)43(39-44)31-32-45-47-34-33-46(51(47,7)38-36-48(45)50)41(5)29-30-42(9-2)40(3)4/h9,31,40-41,44-48H,8,10-30,32-39H2,1-7H3/b42-9+/t41-,44+,45+,46-,47+,48+,50+,51-/m1/s1. The topological polar surface area (TPSA) is 26.3 Å². The van der Waals surface area contributed by atoms with Crippen LogP contribution in [0.1, 0.15) is 241 Å². The van der Waals surface area contributed by atoms with Crippen LogP contribution >= 0.6 is 0 Å². The van der Waals surface area contributed by atoms with Crippen molar-refractivity contribution in [3.63, 3.8) is 0 Å². The molecule has 306 valence electrons. The van der Waals surface area contributed by atoms with Crippen LogP contribution in [0.3, 0.4) is 0 Å². The third-order valence-electron chi connectivity index (χ3n) is 16.1. The molecule has 3 saturated carbocycles. The molecule has 0 bridgehead atoms. The van der Waals surface area contributed by atoms with Crippen LogP contribution in [0, 0.1) is 46.3 Å². The zero-order chi connectivity index (χ0) is 38.1. The number of rotatable bonds is 26. The zero-order valence-electron chi connectivity index (χ0n) is 36.7. The Bertz CT molecular complexity index is 1100. The molecule has 0 aromatic carbocycles. The number of esters is 1. The van der Waals surface area contributed by atoms with Gasteiger partial charge in [0.2, 0.25) is 0 Å². The fourth-order valence-electron chi connectivity index (χ4n) is 12.7. The van der Waals surface area contributed by atoms with E-state index in [-0.39, 0.29) is 12.1 Å². The number of carbonyl (C=O) groups excluding carboxylic acids is 1. The smallest absolute Gasteiger partial charge is 0.306 e. The molecule has 4 aliphatic rings. The van der Waals surface area contributed by atoms with Gasteiger partial charge in [-0.25, -0.2) is 0 Å². The summed E-state index contributed by atoms with van der Waals surface area (Å²) in [5.41, 5.74) is 4.14. The highest BCUT2D eigenvalue weighted by molar-refractivity contribution is 5.69. The minimum atomic E-state index is 0.0642. The molecule has 4 rings (SSSR count). The lowest BCUT2D eigenvalue weighted by atomic mass is 9.47. The monoisotopic (exact) mass is 735 g/mol. The lowest BCUT2D eigenvalue weighted by Crippen LogP contribution is -2.51. The van der Waals surface area contributed by atoms with Gasteiger partial charge in [-0.2, -0.15) is 0 Å². The molecule has 8 atom stereocenters. The number of ether oxygens (including phenoxy) is 1. The molecule has 2 heteroatoms. The van der Waals surface area contributed by atoms with Gasteiger partial charge in [0, 0.05) is 12.8 Å². The maximum atomic E-state index is 12.9. The number of allylic oxidation sites excluding steroid dienone is 3. The van der Waals surface area contributed by atoms with E-state index in [4.69, 9.17) is 4.74 Å². The number of fused-ring (bicyclic) bond motifs is 5. The maximum absolute atomic E-state index is 12.9.